The van der Waals surface area contributed by atoms with Gasteiger partial charge in [0.2, 0.25) is 5.89 Å². The van der Waals surface area contributed by atoms with Gasteiger partial charge in [-0.05, 0) is 18.2 Å². The quantitative estimate of drug-likeness (QED) is 0.387. The molecule has 10 nitrogen and oxygen atoms in total. The van der Waals surface area contributed by atoms with E-state index < -0.39 is 12.3 Å². The van der Waals surface area contributed by atoms with Crippen LogP contribution in [0.3, 0.4) is 0 Å². The average molecular weight is 515 g/mol. The lowest BCUT2D eigenvalue weighted by atomic mass is 10.1. The van der Waals surface area contributed by atoms with Crippen LogP contribution in [0.25, 0.3) is 22.5 Å². The van der Waals surface area contributed by atoms with Crippen LogP contribution in [0, 0.1) is 5.82 Å². The SMILES string of the molecule is Cn1c(=O)n(Cc2ccc(-c3nnc(C(F)F)o3)cn2)c2cc(F)c(N3CCN(C4COC4)CC3)cc21. The van der Waals surface area contributed by atoms with Gasteiger partial charge in [-0.15, -0.1) is 10.2 Å². The zero-order valence-corrected chi connectivity index (χ0v) is 20.0. The summed E-state index contributed by atoms with van der Waals surface area (Å²) in [5.74, 6) is -1.23. The van der Waals surface area contributed by atoms with Crippen LogP contribution in [0.5, 0.6) is 0 Å². The Balaban J connectivity index is 1.24. The number of nitrogens with zero attached hydrogens (tertiary/aromatic N) is 7. The van der Waals surface area contributed by atoms with Crippen LogP contribution in [-0.2, 0) is 18.3 Å². The van der Waals surface area contributed by atoms with Crippen molar-refractivity contribution in [1.29, 1.82) is 0 Å². The van der Waals surface area contributed by atoms with Gasteiger partial charge >= 0.3 is 12.1 Å². The molecule has 0 amide bonds. The minimum absolute atomic E-state index is 0.0758. The molecule has 2 aliphatic heterocycles. The molecule has 37 heavy (non-hydrogen) atoms. The second kappa shape index (κ2) is 9.30. The van der Waals surface area contributed by atoms with E-state index in [0.717, 1.165) is 26.3 Å². The number of anilines is 1. The van der Waals surface area contributed by atoms with Crippen molar-refractivity contribution in [1.82, 2.24) is 29.2 Å². The highest BCUT2D eigenvalue weighted by Crippen LogP contribution is 2.28. The van der Waals surface area contributed by atoms with Crippen molar-refractivity contribution < 1.29 is 22.3 Å². The second-order valence-electron chi connectivity index (χ2n) is 9.22. The molecule has 1 aromatic carbocycles. The molecule has 5 heterocycles. The predicted octanol–water partition coefficient (Wildman–Crippen LogP) is 2.43. The molecule has 3 aromatic heterocycles. The normalized spacial score (nSPS) is 17.2. The Morgan fingerprint density at radius 1 is 1.08 bits per heavy atom. The van der Waals surface area contributed by atoms with Crippen LogP contribution >= 0.6 is 0 Å². The van der Waals surface area contributed by atoms with Gasteiger partial charge in [0.25, 0.3) is 5.89 Å². The number of fused-ring (bicyclic) bond motifs is 1. The molecule has 2 aliphatic rings. The first-order valence-corrected chi connectivity index (χ1v) is 11.9. The van der Waals surface area contributed by atoms with E-state index in [2.05, 4.69) is 20.1 Å². The maximum Gasteiger partial charge on any atom is 0.329 e. The molecular formula is C24H24F3N7O3. The summed E-state index contributed by atoms with van der Waals surface area (Å²) in [6.45, 7) is 4.67. The first-order chi connectivity index (χ1) is 17.9. The third-order valence-electron chi connectivity index (χ3n) is 7.02. The number of aryl methyl sites for hydroxylation is 1. The van der Waals surface area contributed by atoms with Gasteiger partial charge in [0.15, 0.2) is 0 Å². The molecule has 0 atom stereocenters. The molecule has 6 rings (SSSR count). The van der Waals surface area contributed by atoms with Crippen molar-refractivity contribution >= 4 is 16.7 Å². The highest BCUT2D eigenvalue weighted by Gasteiger charge is 2.30. The molecule has 0 unspecified atom stereocenters. The number of alkyl halides is 2. The van der Waals surface area contributed by atoms with Gasteiger partial charge in [-0.1, -0.05) is 0 Å². The Morgan fingerprint density at radius 3 is 2.49 bits per heavy atom. The number of ether oxygens (including phenoxy) is 1. The number of rotatable bonds is 6. The molecule has 0 saturated carbocycles. The third-order valence-corrected chi connectivity index (χ3v) is 7.02. The molecule has 0 N–H and O–H groups in total. The van der Waals surface area contributed by atoms with Crippen LogP contribution in [0.4, 0.5) is 18.9 Å². The lowest BCUT2D eigenvalue weighted by Crippen LogP contribution is -2.56. The first kappa shape index (κ1) is 23.7. The van der Waals surface area contributed by atoms with E-state index in [4.69, 9.17) is 9.15 Å². The maximum atomic E-state index is 15.3. The van der Waals surface area contributed by atoms with Gasteiger partial charge in [0.1, 0.15) is 5.82 Å². The summed E-state index contributed by atoms with van der Waals surface area (Å²) in [6.07, 6.45) is -1.46. The van der Waals surface area contributed by atoms with Gasteiger partial charge in [-0.25, -0.2) is 9.18 Å². The fourth-order valence-corrected chi connectivity index (χ4v) is 4.82. The standard InChI is InChI=1S/C24H24F3N7O3/c1-31-19-9-18(33-6-4-32(5-7-33)16-12-36-13-16)17(25)8-20(19)34(24(31)35)11-15-3-2-14(10-28-15)22-29-30-23(37-22)21(26)27/h2-3,8-10,16,21H,4-7,11-13H2,1H3. The number of halogens is 3. The number of aromatic nitrogens is 5. The highest BCUT2D eigenvalue weighted by molar-refractivity contribution is 5.81. The third kappa shape index (κ3) is 4.27. The van der Waals surface area contributed by atoms with E-state index in [1.165, 1.54) is 21.4 Å². The van der Waals surface area contributed by atoms with Crippen molar-refractivity contribution in [2.75, 3.05) is 44.3 Å². The van der Waals surface area contributed by atoms with E-state index >= 15 is 4.39 Å². The van der Waals surface area contributed by atoms with Gasteiger partial charge in [0, 0.05) is 45.5 Å². The Labute approximate surface area is 208 Å². The van der Waals surface area contributed by atoms with E-state index in [9.17, 15) is 13.6 Å². The monoisotopic (exact) mass is 515 g/mol. The second-order valence-corrected chi connectivity index (χ2v) is 9.22. The summed E-state index contributed by atoms with van der Waals surface area (Å²) in [5, 5.41) is 6.92. The molecule has 0 radical (unpaired) electrons. The van der Waals surface area contributed by atoms with Crippen molar-refractivity contribution in [3.8, 4) is 11.5 Å². The lowest BCUT2D eigenvalue weighted by Gasteiger charge is -2.43. The minimum Gasteiger partial charge on any atom is -0.415 e. The van der Waals surface area contributed by atoms with Crippen molar-refractivity contribution in [3.63, 3.8) is 0 Å². The molecule has 0 aliphatic carbocycles. The van der Waals surface area contributed by atoms with Crippen LogP contribution in [0.2, 0.25) is 0 Å². The molecule has 2 saturated heterocycles. The van der Waals surface area contributed by atoms with Crippen molar-refractivity contribution in [2.24, 2.45) is 7.05 Å². The minimum atomic E-state index is -2.86. The van der Waals surface area contributed by atoms with Crippen LogP contribution in [-0.4, -0.2) is 74.7 Å². The fraction of sp³-hybridized carbons (Fsp3) is 0.417. The van der Waals surface area contributed by atoms with Gasteiger partial charge < -0.3 is 14.1 Å². The van der Waals surface area contributed by atoms with Crippen molar-refractivity contribution in [2.45, 2.75) is 19.0 Å². The van der Waals surface area contributed by atoms with Gasteiger partial charge in [-0.2, -0.15) is 8.78 Å². The van der Waals surface area contributed by atoms with Crippen LogP contribution in [0.15, 0.2) is 39.7 Å². The Hall–Kier alpha value is -3.71. The Kier molecular flexibility index (Phi) is 5.95. The molecule has 4 aromatic rings. The summed E-state index contributed by atoms with van der Waals surface area (Å²) >= 11 is 0. The lowest BCUT2D eigenvalue weighted by molar-refractivity contribution is -0.0660. The topological polar surface area (TPSA) is 94.4 Å². The Bertz CT molecular complexity index is 1490. The molecule has 13 heteroatoms. The van der Waals surface area contributed by atoms with Crippen LogP contribution < -0.4 is 10.6 Å². The Morgan fingerprint density at radius 2 is 1.86 bits per heavy atom. The predicted molar refractivity (Wildman–Crippen MR) is 127 cm³/mol. The molecule has 194 valence electrons. The first-order valence-electron chi connectivity index (χ1n) is 11.9. The van der Waals surface area contributed by atoms with E-state index in [1.807, 2.05) is 4.90 Å². The average Bonchev–Trinajstić information content (AvgIpc) is 3.44. The summed E-state index contributed by atoms with van der Waals surface area (Å²) in [4.78, 5) is 21.7. The zero-order chi connectivity index (χ0) is 25.7. The summed E-state index contributed by atoms with van der Waals surface area (Å²) in [7, 11) is 1.66. The summed E-state index contributed by atoms with van der Waals surface area (Å²) < 4.78 is 53.9. The maximum absolute atomic E-state index is 15.3. The van der Waals surface area contributed by atoms with Crippen LogP contribution in [0.1, 0.15) is 18.0 Å². The number of pyridine rings is 1. The van der Waals surface area contributed by atoms with E-state index in [1.54, 1.807) is 25.2 Å². The van der Waals surface area contributed by atoms with Gasteiger partial charge in [0.05, 0.1) is 53.8 Å². The van der Waals surface area contributed by atoms with Crippen molar-refractivity contribution in [3.05, 3.63) is 58.3 Å². The molecule has 2 fully saturated rings. The highest BCUT2D eigenvalue weighted by atomic mass is 19.3. The van der Waals surface area contributed by atoms with E-state index in [-0.39, 0.29) is 23.9 Å². The largest absolute Gasteiger partial charge is 0.415 e. The van der Waals surface area contributed by atoms with E-state index in [0.29, 0.717) is 47.1 Å². The number of imidazole rings is 1. The number of piperazine rings is 1. The summed E-state index contributed by atoms with van der Waals surface area (Å²) in [6, 6.07) is 6.81. The molecule has 0 bridgehead atoms. The number of benzene rings is 1. The fourth-order valence-electron chi connectivity index (χ4n) is 4.82. The number of hydrogen-bond acceptors (Lipinski definition) is 8. The smallest absolute Gasteiger partial charge is 0.329 e. The molecular weight excluding hydrogens is 491 g/mol. The zero-order valence-electron chi connectivity index (χ0n) is 20.0. The van der Waals surface area contributed by atoms with Gasteiger partial charge in [-0.3, -0.25) is 19.0 Å². The summed E-state index contributed by atoms with van der Waals surface area (Å²) in [5.41, 5.74) is 2.16. The molecule has 0 spiro atoms. The number of hydrogen-bond donors (Lipinski definition) is 0.